The first-order chi connectivity index (χ1) is 10.8. The van der Waals surface area contributed by atoms with Crippen LogP contribution in [-0.2, 0) is 0 Å². The molecule has 0 radical (unpaired) electrons. The maximum atomic E-state index is 12.4. The molecule has 0 spiro atoms. The zero-order chi connectivity index (χ0) is 15.4. The summed E-state index contributed by atoms with van der Waals surface area (Å²) in [6, 6.07) is 10.9. The molecule has 1 heterocycles. The summed E-state index contributed by atoms with van der Waals surface area (Å²) in [6.45, 7) is 0.377. The van der Waals surface area contributed by atoms with Crippen LogP contribution in [-0.4, -0.2) is 40.1 Å². The zero-order valence-electron chi connectivity index (χ0n) is 12.2. The number of ether oxygens (including phenoxy) is 1. The lowest BCUT2D eigenvalue weighted by Crippen LogP contribution is -2.35. The van der Waals surface area contributed by atoms with E-state index in [1.165, 1.54) is 0 Å². The van der Waals surface area contributed by atoms with Gasteiger partial charge in [0.05, 0.1) is 12.8 Å². The number of amides is 1. The van der Waals surface area contributed by atoms with E-state index in [-0.39, 0.29) is 18.6 Å². The van der Waals surface area contributed by atoms with E-state index < -0.39 is 0 Å². The van der Waals surface area contributed by atoms with Crippen molar-refractivity contribution in [1.82, 2.24) is 9.88 Å². The average Bonchev–Trinajstić information content (AvgIpc) is 3.38. The minimum Gasteiger partial charge on any atom is -0.456 e. The van der Waals surface area contributed by atoms with Crippen LogP contribution >= 0.6 is 0 Å². The Morgan fingerprint density at radius 3 is 2.59 bits per heavy atom. The Hall–Kier alpha value is -2.40. The normalized spacial score (nSPS) is 13.7. The summed E-state index contributed by atoms with van der Waals surface area (Å²) in [4.78, 5) is 18.2. The van der Waals surface area contributed by atoms with E-state index in [1.807, 2.05) is 6.07 Å². The van der Waals surface area contributed by atoms with Gasteiger partial charge in [-0.2, -0.15) is 0 Å². The van der Waals surface area contributed by atoms with Gasteiger partial charge in [0.25, 0.3) is 5.91 Å². The molecule has 1 fully saturated rings. The number of rotatable bonds is 6. The molecule has 3 rings (SSSR count). The molecule has 114 valence electrons. The van der Waals surface area contributed by atoms with Crippen molar-refractivity contribution >= 4 is 5.91 Å². The molecule has 1 aromatic heterocycles. The fourth-order valence-electron chi connectivity index (χ4n) is 2.32. The summed E-state index contributed by atoms with van der Waals surface area (Å²) >= 11 is 0. The number of benzene rings is 1. The molecule has 0 unspecified atom stereocenters. The lowest BCUT2D eigenvalue weighted by molar-refractivity contribution is 0.0707. The van der Waals surface area contributed by atoms with Crippen molar-refractivity contribution in [1.29, 1.82) is 0 Å². The molecule has 0 saturated heterocycles. The third kappa shape index (κ3) is 3.43. The molecular formula is C17H18N2O3. The van der Waals surface area contributed by atoms with Gasteiger partial charge < -0.3 is 14.7 Å². The largest absolute Gasteiger partial charge is 0.456 e. The van der Waals surface area contributed by atoms with Crippen molar-refractivity contribution < 1.29 is 14.6 Å². The maximum Gasteiger partial charge on any atom is 0.254 e. The van der Waals surface area contributed by atoms with Crippen LogP contribution in [0, 0.1) is 0 Å². The highest BCUT2D eigenvalue weighted by molar-refractivity contribution is 5.94. The van der Waals surface area contributed by atoms with Crippen molar-refractivity contribution in [3.05, 3.63) is 54.4 Å². The fourth-order valence-corrected chi connectivity index (χ4v) is 2.32. The van der Waals surface area contributed by atoms with E-state index in [2.05, 4.69) is 4.98 Å². The minimum absolute atomic E-state index is 0.00948. The summed E-state index contributed by atoms with van der Waals surface area (Å²) < 4.78 is 5.65. The van der Waals surface area contributed by atoms with E-state index in [0.717, 1.165) is 12.8 Å². The van der Waals surface area contributed by atoms with Crippen molar-refractivity contribution in [2.75, 3.05) is 13.2 Å². The quantitative estimate of drug-likeness (QED) is 0.890. The predicted molar refractivity (Wildman–Crippen MR) is 81.9 cm³/mol. The van der Waals surface area contributed by atoms with Gasteiger partial charge >= 0.3 is 0 Å². The van der Waals surface area contributed by atoms with Crippen LogP contribution in [0.3, 0.4) is 0 Å². The molecule has 0 aliphatic heterocycles. The van der Waals surface area contributed by atoms with E-state index in [4.69, 9.17) is 9.84 Å². The summed E-state index contributed by atoms with van der Waals surface area (Å²) in [7, 11) is 0. The lowest BCUT2D eigenvalue weighted by atomic mass is 10.2. The molecule has 0 bridgehead atoms. The minimum atomic E-state index is -0.0375. The molecule has 5 nitrogen and oxygen atoms in total. The number of nitrogens with zero attached hydrogens (tertiary/aromatic N) is 2. The fraction of sp³-hybridized carbons (Fsp3) is 0.294. The number of aliphatic hydroxyl groups is 1. The first-order valence-electron chi connectivity index (χ1n) is 7.37. The molecule has 22 heavy (non-hydrogen) atoms. The van der Waals surface area contributed by atoms with Gasteiger partial charge in [0.2, 0.25) is 0 Å². The smallest absolute Gasteiger partial charge is 0.254 e. The molecule has 5 heteroatoms. The number of carbonyl (C=O) groups is 1. The third-order valence-electron chi connectivity index (χ3n) is 3.56. The van der Waals surface area contributed by atoms with Crippen LogP contribution in [0.1, 0.15) is 23.2 Å². The molecule has 1 aliphatic rings. The van der Waals surface area contributed by atoms with Crippen molar-refractivity contribution in [2.45, 2.75) is 18.9 Å². The van der Waals surface area contributed by atoms with Gasteiger partial charge in [-0.25, -0.2) is 0 Å². The maximum absolute atomic E-state index is 12.4. The van der Waals surface area contributed by atoms with Gasteiger partial charge in [0.1, 0.15) is 11.5 Å². The van der Waals surface area contributed by atoms with Gasteiger partial charge in [-0.15, -0.1) is 0 Å². The average molecular weight is 298 g/mol. The second-order valence-electron chi connectivity index (χ2n) is 5.27. The molecule has 2 aromatic rings. The monoisotopic (exact) mass is 298 g/mol. The summed E-state index contributed by atoms with van der Waals surface area (Å²) in [5.41, 5.74) is 0.610. The number of aromatic nitrogens is 1. The molecule has 1 aromatic carbocycles. The number of pyridine rings is 1. The Kier molecular flexibility index (Phi) is 4.34. The second-order valence-corrected chi connectivity index (χ2v) is 5.27. The molecule has 1 aliphatic carbocycles. The van der Waals surface area contributed by atoms with Gasteiger partial charge in [-0.1, -0.05) is 0 Å². The Labute approximate surface area is 129 Å². The zero-order valence-corrected chi connectivity index (χ0v) is 12.2. The van der Waals surface area contributed by atoms with Crippen molar-refractivity contribution in [3.63, 3.8) is 0 Å². The summed E-state index contributed by atoms with van der Waals surface area (Å²) in [5, 5.41) is 9.10. The van der Waals surface area contributed by atoms with E-state index in [0.29, 0.717) is 23.6 Å². The van der Waals surface area contributed by atoms with Crippen LogP contribution in [0.5, 0.6) is 11.5 Å². The standard InChI is InChI=1S/C17H18N2O3/c20-11-10-19(14-5-6-14)17(21)13-3-7-15(8-4-13)22-16-2-1-9-18-12-16/h1-4,7-9,12,14,20H,5-6,10-11H2. The van der Waals surface area contributed by atoms with Gasteiger partial charge in [0.15, 0.2) is 0 Å². The van der Waals surface area contributed by atoms with Crippen LogP contribution < -0.4 is 4.74 Å². The molecule has 1 N–H and O–H groups in total. The van der Waals surface area contributed by atoms with Gasteiger partial charge in [-0.3, -0.25) is 9.78 Å². The number of hydrogen-bond donors (Lipinski definition) is 1. The van der Waals surface area contributed by atoms with Crippen molar-refractivity contribution in [3.8, 4) is 11.5 Å². The lowest BCUT2D eigenvalue weighted by Gasteiger charge is -2.21. The Balaban J connectivity index is 1.69. The van der Waals surface area contributed by atoms with Crippen LogP contribution in [0.4, 0.5) is 0 Å². The number of hydrogen-bond acceptors (Lipinski definition) is 4. The topological polar surface area (TPSA) is 62.7 Å². The summed E-state index contributed by atoms with van der Waals surface area (Å²) in [6.07, 6.45) is 5.36. The Morgan fingerprint density at radius 1 is 1.23 bits per heavy atom. The van der Waals surface area contributed by atoms with Gasteiger partial charge in [-0.05, 0) is 49.2 Å². The molecule has 1 amide bonds. The highest BCUT2D eigenvalue weighted by Crippen LogP contribution is 2.28. The second kappa shape index (κ2) is 6.58. The highest BCUT2D eigenvalue weighted by Gasteiger charge is 2.32. The van der Waals surface area contributed by atoms with E-state index in [1.54, 1.807) is 47.6 Å². The van der Waals surface area contributed by atoms with Crippen LogP contribution in [0.25, 0.3) is 0 Å². The highest BCUT2D eigenvalue weighted by atomic mass is 16.5. The first kappa shape index (κ1) is 14.5. The first-order valence-corrected chi connectivity index (χ1v) is 7.37. The number of aliphatic hydroxyl groups excluding tert-OH is 1. The van der Waals surface area contributed by atoms with Crippen LogP contribution in [0.15, 0.2) is 48.8 Å². The predicted octanol–water partition coefficient (Wildman–Crippen LogP) is 2.47. The van der Waals surface area contributed by atoms with Gasteiger partial charge in [0, 0.05) is 24.3 Å². The summed E-state index contributed by atoms with van der Waals surface area (Å²) in [5.74, 6) is 1.27. The van der Waals surface area contributed by atoms with Crippen molar-refractivity contribution in [2.24, 2.45) is 0 Å². The third-order valence-corrected chi connectivity index (χ3v) is 3.56. The Bertz CT molecular complexity index is 624. The van der Waals surface area contributed by atoms with E-state index in [9.17, 15) is 4.79 Å². The Morgan fingerprint density at radius 2 is 2.00 bits per heavy atom. The van der Waals surface area contributed by atoms with E-state index >= 15 is 0 Å². The number of carbonyl (C=O) groups excluding carboxylic acids is 1. The SMILES string of the molecule is O=C(c1ccc(Oc2cccnc2)cc1)N(CCO)C1CC1. The molecule has 0 atom stereocenters. The molecule has 1 saturated carbocycles. The molecular weight excluding hydrogens is 280 g/mol. The van der Waals surface area contributed by atoms with Crippen LogP contribution in [0.2, 0.25) is 0 Å².